The van der Waals surface area contributed by atoms with E-state index in [2.05, 4.69) is 26.8 Å². The molecule has 9 nitrogen and oxygen atoms in total. The fraction of sp³-hybridized carbons (Fsp3) is 0.160. The molecule has 3 heterocycles. The Kier molecular flexibility index (Phi) is 7.84. The van der Waals surface area contributed by atoms with Gasteiger partial charge in [-0.1, -0.05) is 25.1 Å². The maximum Gasteiger partial charge on any atom is 0.433 e. The van der Waals surface area contributed by atoms with Gasteiger partial charge in [0.1, 0.15) is 17.2 Å². The van der Waals surface area contributed by atoms with Gasteiger partial charge in [0.25, 0.3) is 0 Å². The number of rotatable bonds is 7. The monoisotopic (exact) mass is 575 g/mol. The molecule has 1 atom stereocenters. The highest BCUT2D eigenvalue weighted by atomic mass is 35.5. The van der Waals surface area contributed by atoms with Gasteiger partial charge in [-0.2, -0.15) is 13.2 Å². The highest BCUT2D eigenvalue weighted by Crippen LogP contribution is 2.34. The molecule has 4 rings (SSSR count). The van der Waals surface area contributed by atoms with Crippen molar-refractivity contribution in [2.75, 3.05) is 16.0 Å². The third-order valence-corrected chi connectivity index (χ3v) is 7.22. The SMILES string of the molecule is C=Cc1nc(C(F)(F)F)cc2nc(-c3nc(NC(=O)N(C=N)c4ccc(Cl)cc4)ccc3S(=O)CC)n(C)c12. The number of nitrogens with zero attached hydrogens (tertiary/aromatic N) is 5. The maximum atomic E-state index is 13.4. The molecular weight excluding hydrogens is 555 g/mol. The number of benzene rings is 1. The Hall–Kier alpha value is -4.10. The van der Waals surface area contributed by atoms with Crippen molar-refractivity contribution in [3.63, 3.8) is 0 Å². The van der Waals surface area contributed by atoms with Crippen LogP contribution in [0.5, 0.6) is 0 Å². The number of hydrogen-bond donors (Lipinski definition) is 2. The van der Waals surface area contributed by atoms with Crippen LogP contribution in [0.15, 0.2) is 53.9 Å². The minimum atomic E-state index is -4.70. The Labute approximate surface area is 228 Å². The average Bonchev–Trinajstić information content (AvgIpc) is 3.25. The zero-order valence-electron chi connectivity index (χ0n) is 20.6. The van der Waals surface area contributed by atoms with Crippen LogP contribution in [0.4, 0.5) is 29.5 Å². The van der Waals surface area contributed by atoms with Gasteiger partial charge >= 0.3 is 12.2 Å². The highest BCUT2D eigenvalue weighted by Gasteiger charge is 2.34. The van der Waals surface area contributed by atoms with E-state index in [1.165, 1.54) is 22.8 Å². The second-order valence-electron chi connectivity index (χ2n) is 8.04. The van der Waals surface area contributed by atoms with Crippen molar-refractivity contribution in [1.29, 1.82) is 5.41 Å². The number of aromatic nitrogens is 4. The van der Waals surface area contributed by atoms with Gasteiger partial charge in [0, 0.05) is 17.8 Å². The molecule has 0 radical (unpaired) electrons. The number of carbonyl (C=O) groups is 1. The van der Waals surface area contributed by atoms with Crippen molar-refractivity contribution in [2.24, 2.45) is 7.05 Å². The summed E-state index contributed by atoms with van der Waals surface area (Å²) in [6.45, 7) is 5.28. The van der Waals surface area contributed by atoms with Gasteiger partial charge < -0.3 is 4.57 Å². The van der Waals surface area contributed by atoms with Crippen LogP contribution in [-0.4, -0.2) is 41.9 Å². The molecule has 0 aliphatic rings. The summed E-state index contributed by atoms with van der Waals surface area (Å²) in [6, 6.07) is 9.29. The molecule has 14 heteroatoms. The van der Waals surface area contributed by atoms with E-state index in [4.69, 9.17) is 17.0 Å². The first-order chi connectivity index (χ1) is 18.5. The molecule has 0 bridgehead atoms. The van der Waals surface area contributed by atoms with Crippen LogP contribution in [0.25, 0.3) is 28.6 Å². The van der Waals surface area contributed by atoms with E-state index in [-0.39, 0.29) is 44.7 Å². The van der Waals surface area contributed by atoms with Crippen LogP contribution in [0.2, 0.25) is 5.02 Å². The number of urea groups is 1. The molecule has 0 saturated carbocycles. The minimum absolute atomic E-state index is 0.00749. The van der Waals surface area contributed by atoms with Crippen LogP contribution in [0.1, 0.15) is 18.3 Å². The van der Waals surface area contributed by atoms with Crippen molar-refractivity contribution in [1.82, 2.24) is 19.5 Å². The minimum Gasteiger partial charge on any atom is -0.324 e. The zero-order valence-corrected chi connectivity index (χ0v) is 22.2. The summed E-state index contributed by atoms with van der Waals surface area (Å²) in [7, 11) is 0.0403. The number of aryl methyl sites for hydroxylation is 1. The molecule has 0 fully saturated rings. The van der Waals surface area contributed by atoms with Crippen molar-refractivity contribution in [3.05, 3.63) is 65.5 Å². The van der Waals surface area contributed by atoms with E-state index < -0.39 is 28.7 Å². The molecule has 1 aromatic carbocycles. The molecule has 0 aliphatic carbocycles. The van der Waals surface area contributed by atoms with Gasteiger partial charge in [0.05, 0.1) is 44.4 Å². The number of imidazole rings is 1. The Bertz CT molecular complexity index is 1620. The number of alkyl halides is 3. The molecule has 202 valence electrons. The van der Waals surface area contributed by atoms with Gasteiger partial charge in [-0.3, -0.25) is 19.8 Å². The predicted molar refractivity (Wildman–Crippen MR) is 146 cm³/mol. The first-order valence-electron chi connectivity index (χ1n) is 11.3. The lowest BCUT2D eigenvalue weighted by molar-refractivity contribution is -0.141. The number of fused-ring (bicyclic) bond motifs is 1. The van der Waals surface area contributed by atoms with E-state index in [1.807, 2.05) is 0 Å². The molecule has 3 aromatic heterocycles. The number of halogens is 4. The van der Waals surface area contributed by atoms with E-state index in [9.17, 15) is 22.2 Å². The van der Waals surface area contributed by atoms with Crippen LogP contribution >= 0.6 is 11.6 Å². The number of amides is 2. The standard InChI is InChI=1S/C25H21ClF3N7O2S/c1-4-16-22-17(12-19(31-16)25(27,28)29)32-23(35(22)3)21-18(39(38)5-2)10-11-20(33-21)34-24(37)36(13-30)15-8-6-14(26)7-9-15/h4,6-13,30H,1,5H2,2-3H3,(H,33,34,37). The van der Waals surface area contributed by atoms with Gasteiger partial charge in [-0.05, 0) is 48.5 Å². The fourth-order valence-electron chi connectivity index (χ4n) is 3.80. The molecule has 2 N–H and O–H groups in total. The highest BCUT2D eigenvalue weighted by molar-refractivity contribution is 7.85. The molecule has 0 saturated heterocycles. The van der Waals surface area contributed by atoms with Crippen LogP contribution in [0.3, 0.4) is 0 Å². The van der Waals surface area contributed by atoms with Crippen molar-refractivity contribution < 1.29 is 22.2 Å². The number of hydrogen-bond acceptors (Lipinski definition) is 6. The summed E-state index contributed by atoms with van der Waals surface area (Å²) in [4.78, 5) is 26.8. The average molecular weight is 576 g/mol. The number of pyridine rings is 2. The summed E-state index contributed by atoms with van der Waals surface area (Å²) in [5.41, 5.74) is -0.426. The summed E-state index contributed by atoms with van der Waals surface area (Å²) in [5, 5.41) is 10.7. The van der Waals surface area contributed by atoms with E-state index in [0.717, 1.165) is 17.3 Å². The first-order valence-corrected chi connectivity index (χ1v) is 13.0. The molecule has 2 amide bonds. The predicted octanol–water partition coefficient (Wildman–Crippen LogP) is 6.12. The van der Waals surface area contributed by atoms with Crippen LogP contribution in [-0.2, 0) is 24.0 Å². The third-order valence-electron chi connectivity index (χ3n) is 5.63. The van der Waals surface area contributed by atoms with E-state index in [1.54, 1.807) is 38.2 Å². The van der Waals surface area contributed by atoms with Gasteiger partial charge in [0.15, 0.2) is 5.82 Å². The lowest BCUT2D eigenvalue weighted by Crippen LogP contribution is -2.33. The lowest BCUT2D eigenvalue weighted by atomic mass is 10.2. The number of nitrogens with one attached hydrogen (secondary N) is 2. The Balaban J connectivity index is 1.82. The smallest absolute Gasteiger partial charge is 0.324 e. The fourth-order valence-corrected chi connectivity index (χ4v) is 4.81. The molecule has 39 heavy (non-hydrogen) atoms. The summed E-state index contributed by atoms with van der Waals surface area (Å²) in [5.74, 6) is 0.390. The van der Waals surface area contributed by atoms with Crippen molar-refractivity contribution in [2.45, 2.75) is 18.0 Å². The van der Waals surface area contributed by atoms with Crippen molar-refractivity contribution in [3.8, 4) is 11.5 Å². The van der Waals surface area contributed by atoms with Crippen LogP contribution < -0.4 is 10.2 Å². The summed E-state index contributed by atoms with van der Waals surface area (Å²) >= 11 is 5.90. The number of carbonyl (C=O) groups excluding carboxylic acids is 1. The third kappa shape index (κ3) is 5.54. The Morgan fingerprint density at radius 3 is 2.49 bits per heavy atom. The molecule has 0 aliphatic heterocycles. The van der Waals surface area contributed by atoms with Crippen LogP contribution in [0, 0.1) is 5.41 Å². The normalized spacial score (nSPS) is 12.3. The number of anilines is 2. The topological polar surface area (TPSA) is 117 Å². The van der Waals surface area contributed by atoms with Crippen molar-refractivity contribution >= 4 is 63.4 Å². The van der Waals surface area contributed by atoms with E-state index in [0.29, 0.717) is 10.7 Å². The summed E-state index contributed by atoms with van der Waals surface area (Å²) < 4.78 is 54.7. The van der Waals surface area contributed by atoms with Gasteiger partial charge in [0.2, 0.25) is 0 Å². The Morgan fingerprint density at radius 2 is 1.90 bits per heavy atom. The maximum absolute atomic E-state index is 13.4. The molecule has 4 aromatic rings. The molecular formula is C25H21ClF3N7O2S. The second kappa shape index (κ2) is 10.9. The molecule has 0 spiro atoms. The lowest BCUT2D eigenvalue weighted by Gasteiger charge is -2.18. The van der Waals surface area contributed by atoms with Gasteiger partial charge in [-0.15, -0.1) is 0 Å². The second-order valence-corrected chi connectivity index (χ2v) is 10.2. The molecule has 1 unspecified atom stereocenters. The first kappa shape index (κ1) is 27.9. The summed E-state index contributed by atoms with van der Waals surface area (Å²) in [6.07, 6.45) is -2.69. The zero-order chi connectivity index (χ0) is 28.5. The quantitative estimate of drug-likeness (QED) is 0.203. The van der Waals surface area contributed by atoms with E-state index >= 15 is 0 Å². The Morgan fingerprint density at radius 1 is 1.21 bits per heavy atom. The van der Waals surface area contributed by atoms with Gasteiger partial charge in [-0.25, -0.2) is 19.7 Å². The largest absolute Gasteiger partial charge is 0.433 e.